The maximum Gasteiger partial charge on any atom is 0.0487 e. The fourth-order valence-corrected chi connectivity index (χ4v) is 3.22. The summed E-state index contributed by atoms with van der Waals surface area (Å²) in [5, 5.41) is 0. The number of hydrogen-bond acceptors (Lipinski definition) is 3. The predicted molar refractivity (Wildman–Crippen MR) is 97.0 cm³/mol. The fourth-order valence-electron chi connectivity index (χ4n) is 3.22. The van der Waals surface area contributed by atoms with Crippen LogP contribution in [0.3, 0.4) is 0 Å². The van der Waals surface area contributed by atoms with Crippen molar-refractivity contribution in [2.24, 2.45) is 5.92 Å². The zero-order chi connectivity index (χ0) is 15.9. The van der Waals surface area contributed by atoms with E-state index in [0.29, 0.717) is 0 Å². The predicted octanol–water partition coefficient (Wildman–Crippen LogP) is 4.04. The van der Waals surface area contributed by atoms with Crippen LogP contribution in [-0.2, 0) is 13.1 Å². The summed E-state index contributed by atoms with van der Waals surface area (Å²) in [4.78, 5) is 2.58. The van der Waals surface area contributed by atoms with Crippen LogP contribution < -0.4 is 10.9 Å². The number of nitrogens with one attached hydrogen (secondary N) is 2. The SMILES string of the molecule is CC1CCCN(Cc2ccc(CNNc3ccccc3)cc2)C1. The third-order valence-electron chi connectivity index (χ3n) is 4.47. The van der Waals surface area contributed by atoms with E-state index in [1.165, 1.54) is 37.1 Å². The van der Waals surface area contributed by atoms with Crippen molar-refractivity contribution < 1.29 is 0 Å². The third kappa shape index (κ3) is 5.08. The number of likely N-dealkylation sites (tertiary alicyclic amines) is 1. The van der Waals surface area contributed by atoms with E-state index >= 15 is 0 Å². The van der Waals surface area contributed by atoms with Crippen LogP contribution in [0.5, 0.6) is 0 Å². The van der Waals surface area contributed by atoms with Crippen LogP contribution in [-0.4, -0.2) is 18.0 Å². The van der Waals surface area contributed by atoms with Crippen LogP contribution in [0.2, 0.25) is 0 Å². The van der Waals surface area contributed by atoms with Crippen molar-refractivity contribution in [1.29, 1.82) is 0 Å². The van der Waals surface area contributed by atoms with Crippen LogP contribution in [0, 0.1) is 5.92 Å². The van der Waals surface area contributed by atoms with E-state index in [0.717, 1.165) is 24.7 Å². The molecule has 0 saturated carbocycles. The Balaban J connectivity index is 1.45. The number of rotatable bonds is 6. The molecule has 1 fully saturated rings. The highest BCUT2D eigenvalue weighted by Crippen LogP contribution is 2.18. The highest BCUT2D eigenvalue weighted by molar-refractivity contribution is 5.41. The van der Waals surface area contributed by atoms with Gasteiger partial charge in [0.15, 0.2) is 0 Å². The average molecular weight is 309 g/mol. The van der Waals surface area contributed by atoms with Gasteiger partial charge in [0, 0.05) is 25.3 Å². The van der Waals surface area contributed by atoms with Gasteiger partial charge in [-0.1, -0.05) is 49.4 Å². The summed E-state index contributed by atoms with van der Waals surface area (Å²) >= 11 is 0. The highest BCUT2D eigenvalue weighted by Gasteiger charge is 2.15. The number of hydrogen-bond donors (Lipinski definition) is 2. The zero-order valence-corrected chi connectivity index (χ0v) is 14.0. The van der Waals surface area contributed by atoms with Gasteiger partial charge in [-0.15, -0.1) is 0 Å². The van der Waals surface area contributed by atoms with E-state index in [9.17, 15) is 0 Å². The summed E-state index contributed by atoms with van der Waals surface area (Å²) in [5.74, 6) is 0.844. The first-order chi connectivity index (χ1) is 11.3. The van der Waals surface area contributed by atoms with Crippen LogP contribution >= 0.6 is 0 Å². The van der Waals surface area contributed by atoms with Crippen LogP contribution in [0.4, 0.5) is 5.69 Å². The summed E-state index contributed by atoms with van der Waals surface area (Å²) in [6.45, 7) is 6.75. The van der Waals surface area contributed by atoms with E-state index in [-0.39, 0.29) is 0 Å². The van der Waals surface area contributed by atoms with Crippen molar-refractivity contribution in [3.05, 3.63) is 65.7 Å². The molecule has 122 valence electrons. The molecule has 2 aromatic carbocycles. The lowest BCUT2D eigenvalue weighted by Crippen LogP contribution is -2.33. The topological polar surface area (TPSA) is 27.3 Å². The molecule has 3 nitrogen and oxygen atoms in total. The Kier molecular flexibility index (Phi) is 5.67. The number of piperidine rings is 1. The molecule has 0 bridgehead atoms. The van der Waals surface area contributed by atoms with Crippen molar-refractivity contribution in [2.75, 3.05) is 18.5 Å². The first-order valence-electron chi connectivity index (χ1n) is 8.64. The van der Waals surface area contributed by atoms with Gasteiger partial charge in [0.05, 0.1) is 0 Å². The number of hydrazine groups is 1. The first kappa shape index (κ1) is 16.0. The fraction of sp³-hybridized carbons (Fsp3) is 0.400. The summed E-state index contributed by atoms with van der Waals surface area (Å²) < 4.78 is 0. The summed E-state index contributed by atoms with van der Waals surface area (Å²) in [6, 6.07) is 19.2. The lowest BCUT2D eigenvalue weighted by molar-refractivity contribution is 0.176. The molecule has 2 aromatic rings. The molecule has 0 radical (unpaired) electrons. The molecule has 0 amide bonds. The molecule has 1 heterocycles. The van der Waals surface area contributed by atoms with Gasteiger partial charge in [-0.25, -0.2) is 5.43 Å². The molecule has 1 aliphatic rings. The molecule has 23 heavy (non-hydrogen) atoms. The summed E-state index contributed by atoms with van der Waals surface area (Å²) in [7, 11) is 0. The van der Waals surface area contributed by atoms with Gasteiger partial charge in [-0.05, 0) is 48.6 Å². The number of benzene rings is 2. The molecule has 3 heteroatoms. The second-order valence-corrected chi connectivity index (χ2v) is 6.64. The van der Waals surface area contributed by atoms with Crippen molar-refractivity contribution in [1.82, 2.24) is 10.3 Å². The van der Waals surface area contributed by atoms with E-state index in [4.69, 9.17) is 0 Å². The molecular weight excluding hydrogens is 282 g/mol. The van der Waals surface area contributed by atoms with Gasteiger partial charge < -0.3 is 5.43 Å². The van der Waals surface area contributed by atoms with Gasteiger partial charge >= 0.3 is 0 Å². The minimum Gasteiger partial charge on any atom is -0.321 e. The average Bonchev–Trinajstić information content (AvgIpc) is 2.58. The zero-order valence-electron chi connectivity index (χ0n) is 14.0. The Bertz CT molecular complexity index is 580. The Labute approximate surface area is 139 Å². The molecule has 1 saturated heterocycles. The Morgan fingerprint density at radius 2 is 1.74 bits per heavy atom. The quantitative estimate of drug-likeness (QED) is 0.789. The summed E-state index contributed by atoms with van der Waals surface area (Å²) in [5.41, 5.74) is 10.3. The maximum absolute atomic E-state index is 3.26. The number of anilines is 1. The first-order valence-corrected chi connectivity index (χ1v) is 8.64. The standard InChI is InChI=1S/C20H27N3/c1-17-6-5-13-23(15-17)16-19-11-9-18(10-12-19)14-21-22-20-7-3-2-4-8-20/h2-4,7-12,17,21-22H,5-6,13-16H2,1H3. The third-order valence-corrected chi connectivity index (χ3v) is 4.47. The largest absolute Gasteiger partial charge is 0.321 e. The van der Waals surface area contributed by atoms with E-state index in [1.54, 1.807) is 0 Å². The molecule has 0 spiro atoms. The van der Waals surface area contributed by atoms with Crippen molar-refractivity contribution in [3.8, 4) is 0 Å². The monoisotopic (exact) mass is 309 g/mol. The van der Waals surface area contributed by atoms with Crippen LogP contribution in [0.1, 0.15) is 30.9 Å². The van der Waals surface area contributed by atoms with Gasteiger partial charge in [0.25, 0.3) is 0 Å². The van der Waals surface area contributed by atoms with E-state index in [2.05, 4.69) is 59.1 Å². The van der Waals surface area contributed by atoms with Gasteiger partial charge in [0.2, 0.25) is 0 Å². The minimum atomic E-state index is 0.815. The number of para-hydroxylation sites is 1. The normalized spacial score (nSPS) is 18.7. The summed E-state index contributed by atoms with van der Waals surface area (Å²) in [6.07, 6.45) is 2.73. The second kappa shape index (κ2) is 8.14. The Hall–Kier alpha value is -1.84. The molecule has 1 atom stereocenters. The van der Waals surface area contributed by atoms with E-state index < -0.39 is 0 Å². The minimum absolute atomic E-state index is 0.815. The van der Waals surface area contributed by atoms with Crippen molar-refractivity contribution in [2.45, 2.75) is 32.9 Å². The molecule has 3 rings (SSSR count). The van der Waals surface area contributed by atoms with Crippen molar-refractivity contribution >= 4 is 5.69 Å². The maximum atomic E-state index is 3.26. The van der Waals surface area contributed by atoms with Gasteiger partial charge in [-0.3, -0.25) is 4.90 Å². The molecular formula is C20H27N3. The smallest absolute Gasteiger partial charge is 0.0487 e. The van der Waals surface area contributed by atoms with Crippen LogP contribution in [0.25, 0.3) is 0 Å². The molecule has 2 N–H and O–H groups in total. The molecule has 1 aliphatic heterocycles. The molecule has 0 aromatic heterocycles. The molecule has 1 unspecified atom stereocenters. The lowest BCUT2D eigenvalue weighted by Gasteiger charge is -2.30. The van der Waals surface area contributed by atoms with Gasteiger partial charge in [0.1, 0.15) is 0 Å². The van der Waals surface area contributed by atoms with Gasteiger partial charge in [-0.2, -0.15) is 0 Å². The Morgan fingerprint density at radius 3 is 2.48 bits per heavy atom. The highest BCUT2D eigenvalue weighted by atomic mass is 15.3. The Morgan fingerprint density at radius 1 is 1.00 bits per heavy atom. The van der Waals surface area contributed by atoms with E-state index in [1.807, 2.05) is 18.2 Å². The number of nitrogens with zero attached hydrogens (tertiary/aromatic N) is 1. The van der Waals surface area contributed by atoms with Crippen LogP contribution in [0.15, 0.2) is 54.6 Å². The second-order valence-electron chi connectivity index (χ2n) is 6.64. The molecule has 0 aliphatic carbocycles. The lowest BCUT2D eigenvalue weighted by atomic mass is 9.99. The van der Waals surface area contributed by atoms with Crippen molar-refractivity contribution in [3.63, 3.8) is 0 Å².